The number of hydrogen-bond donors (Lipinski definition) is 1. The van der Waals surface area contributed by atoms with Gasteiger partial charge in [-0.3, -0.25) is 0 Å². The summed E-state index contributed by atoms with van der Waals surface area (Å²) in [5, 5.41) is 11.0. The van der Waals surface area contributed by atoms with E-state index in [1.54, 1.807) is 19.1 Å². The van der Waals surface area contributed by atoms with E-state index < -0.39 is 5.60 Å². The maximum absolute atomic E-state index is 10.3. The summed E-state index contributed by atoms with van der Waals surface area (Å²) in [4.78, 5) is 0. The highest BCUT2D eigenvalue weighted by molar-refractivity contribution is 6.30. The van der Waals surface area contributed by atoms with Crippen LogP contribution in [0.4, 0.5) is 0 Å². The summed E-state index contributed by atoms with van der Waals surface area (Å²) in [6, 6.07) is 17.1. The van der Waals surface area contributed by atoms with Crippen LogP contribution in [0.1, 0.15) is 18.1 Å². The first-order valence-corrected chi connectivity index (χ1v) is 6.48. The molecule has 1 N–H and O–H groups in total. The van der Waals surface area contributed by atoms with E-state index in [4.69, 9.17) is 11.6 Å². The minimum absolute atomic E-state index is 0.508. The highest BCUT2D eigenvalue weighted by Gasteiger charge is 2.17. The van der Waals surface area contributed by atoms with Gasteiger partial charge in [0.05, 0.1) is 0 Å². The molecule has 0 spiro atoms. The third-order valence-electron chi connectivity index (χ3n) is 2.71. The Kier molecular flexibility index (Phi) is 4.27. The van der Waals surface area contributed by atoms with Crippen LogP contribution in [-0.2, 0) is 6.42 Å². The molecule has 0 fully saturated rings. The van der Waals surface area contributed by atoms with Crippen LogP contribution in [0.2, 0.25) is 5.02 Å². The number of halogens is 1. The van der Waals surface area contributed by atoms with Crippen molar-refractivity contribution in [3.63, 3.8) is 0 Å². The van der Waals surface area contributed by atoms with Gasteiger partial charge in [-0.05, 0) is 36.8 Å². The van der Waals surface area contributed by atoms with Crippen LogP contribution in [-0.4, -0.2) is 10.7 Å². The maximum atomic E-state index is 10.3. The molecule has 2 rings (SSSR count). The first-order valence-electron chi connectivity index (χ1n) is 6.10. The molecule has 0 aliphatic rings. The first-order chi connectivity index (χ1) is 9.05. The largest absolute Gasteiger partial charge is 0.378 e. The SMILES string of the molecule is CC(O)(C#Cc1ccc(Cl)cc1)Cc1ccccc1. The number of aliphatic hydroxyl groups is 1. The van der Waals surface area contributed by atoms with Crippen LogP contribution in [0, 0.1) is 11.8 Å². The van der Waals surface area contributed by atoms with E-state index in [0.29, 0.717) is 11.4 Å². The van der Waals surface area contributed by atoms with Gasteiger partial charge in [-0.15, -0.1) is 0 Å². The minimum Gasteiger partial charge on any atom is -0.378 e. The Morgan fingerprint density at radius 1 is 1.05 bits per heavy atom. The molecule has 1 atom stereocenters. The standard InChI is InChI=1S/C17H15ClO/c1-17(19,13-15-5-3-2-4-6-15)12-11-14-7-9-16(18)10-8-14/h2-10,19H,13H2,1H3. The molecule has 0 saturated heterocycles. The number of rotatable bonds is 2. The van der Waals surface area contributed by atoms with Gasteiger partial charge in [-0.25, -0.2) is 0 Å². The van der Waals surface area contributed by atoms with Crippen molar-refractivity contribution in [3.8, 4) is 11.8 Å². The fourth-order valence-electron chi connectivity index (χ4n) is 1.78. The molecule has 0 aliphatic heterocycles. The third-order valence-corrected chi connectivity index (χ3v) is 2.96. The van der Waals surface area contributed by atoms with Crippen molar-refractivity contribution in [1.82, 2.24) is 0 Å². The second-order valence-electron chi connectivity index (χ2n) is 4.69. The van der Waals surface area contributed by atoms with E-state index in [1.807, 2.05) is 42.5 Å². The predicted octanol–water partition coefficient (Wildman–Crippen LogP) is 3.69. The Hall–Kier alpha value is -1.75. The Labute approximate surface area is 118 Å². The van der Waals surface area contributed by atoms with Gasteiger partial charge < -0.3 is 5.11 Å². The molecule has 0 radical (unpaired) electrons. The number of benzene rings is 2. The van der Waals surface area contributed by atoms with Gasteiger partial charge in [0, 0.05) is 17.0 Å². The van der Waals surface area contributed by atoms with Crippen LogP contribution in [0.3, 0.4) is 0 Å². The molecule has 0 bridgehead atoms. The second-order valence-corrected chi connectivity index (χ2v) is 5.13. The van der Waals surface area contributed by atoms with Crippen molar-refractivity contribution < 1.29 is 5.11 Å². The molecule has 96 valence electrons. The quantitative estimate of drug-likeness (QED) is 0.826. The van der Waals surface area contributed by atoms with Crippen molar-refractivity contribution in [3.05, 3.63) is 70.7 Å². The average molecular weight is 271 g/mol. The third kappa shape index (κ3) is 4.44. The first kappa shape index (κ1) is 13.7. The van der Waals surface area contributed by atoms with Crippen molar-refractivity contribution in [2.24, 2.45) is 0 Å². The summed E-state index contributed by atoms with van der Waals surface area (Å²) in [6.07, 6.45) is 0.508. The lowest BCUT2D eigenvalue weighted by Gasteiger charge is -2.16. The second kappa shape index (κ2) is 5.93. The lowest BCUT2D eigenvalue weighted by atomic mass is 9.97. The van der Waals surface area contributed by atoms with Crippen LogP contribution in [0.5, 0.6) is 0 Å². The molecule has 0 amide bonds. The van der Waals surface area contributed by atoms with E-state index in [1.165, 1.54) is 0 Å². The molecular weight excluding hydrogens is 256 g/mol. The Morgan fingerprint density at radius 2 is 1.68 bits per heavy atom. The molecule has 1 unspecified atom stereocenters. The molecule has 1 nitrogen and oxygen atoms in total. The van der Waals surface area contributed by atoms with Gasteiger partial charge >= 0.3 is 0 Å². The molecule has 0 saturated carbocycles. The van der Waals surface area contributed by atoms with Crippen molar-refractivity contribution in [2.45, 2.75) is 18.9 Å². The summed E-state index contributed by atoms with van der Waals surface area (Å²) >= 11 is 5.81. The molecule has 19 heavy (non-hydrogen) atoms. The molecule has 2 aromatic rings. The maximum Gasteiger partial charge on any atom is 0.127 e. The Bertz CT molecular complexity index is 589. The summed E-state index contributed by atoms with van der Waals surface area (Å²) in [6.45, 7) is 1.73. The summed E-state index contributed by atoms with van der Waals surface area (Å²) in [7, 11) is 0. The summed E-state index contributed by atoms with van der Waals surface area (Å²) < 4.78 is 0. The molecule has 0 heterocycles. The van der Waals surface area contributed by atoms with E-state index >= 15 is 0 Å². The van der Waals surface area contributed by atoms with E-state index in [0.717, 1.165) is 11.1 Å². The zero-order valence-electron chi connectivity index (χ0n) is 10.7. The van der Waals surface area contributed by atoms with Gasteiger partial charge in [0.1, 0.15) is 5.60 Å². The Morgan fingerprint density at radius 3 is 2.32 bits per heavy atom. The molecule has 0 aromatic heterocycles. The van der Waals surface area contributed by atoms with E-state index in [9.17, 15) is 5.11 Å². The zero-order chi connectivity index (χ0) is 13.7. The van der Waals surface area contributed by atoms with Crippen LogP contribution >= 0.6 is 11.6 Å². The average Bonchev–Trinajstić information content (AvgIpc) is 2.39. The normalized spacial score (nSPS) is 13.2. The van der Waals surface area contributed by atoms with Crippen molar-refractivity contribution in [2.75, 3.05) is 0 Å². The van der Waals surface area contributed by atoms with Gasteiger partial charge in [-0.1, -0.05) is 53.8 Å². The summed E-state index contributed by atoms with van der Waals surface area (Å²) in [5.74, 6) is 5.88. The van der Waals surface area contributed by atoms with E-state index in [2.05, 4.69) is 11.8 Å². The van der Waals surface area contributed by atoms with Gasteiger partial charge in [0.2, 0.25) is 0 Å². The van der Waals surface area contributed by atoms with Crippen LogP contribution in [0.25, 0.3) is 0 Å². The topological polar surface area (TPSA) is 20.2 Å². The lowest BCUT2D eigenvalue weighted by molar-refractivity contribution is 0.123. The van der Waals surface area contributed by atoms with Crippen LogP contribution < -0.4 is 0 Å². The summed E-state index contributed by atoms with van der Waals surface area (Å²) in [5.41, 5.74) is 0.872. The van der Waals surface area contributed by atoms with E-state index in [-0.39, 0.29) is 0 Å². The van der Waals surface area contributed by atoms with Gasteiger partial charge in [0.15, 0.2) is 0 Å². The fourth-order valence-corrected chi connectivity index (χ4v) is 1.90. The molecule has 2 aromatic carbocycles. The van der Waals surface area contributed by atoms with Gasteiger partial charge in [0.25, 0.3) is 0 Å². The highest BCUT2D eigenvalue weighted by Crippen LogP contribution is 2.13. The zero-order valence-corrected chi connectivity index (χ0v) is 11.5. The fraction of sp³-hybridized carbons (Fsp3) is 0.176. The smallest absolute Gasteiger partial charge is 0.127 e. The number of hydrogen-bond acceptors (Lipinski definition) is 1. The monoisotopic (exact) mass is 270 g/mol. The molecular formula is C17H15ClO. The molecule has 0 aliphatic carbocycles. The van der Waals surface area contributed by atoms with Crippen molar-refractivity contribution >= 4 is 11.6 Å². The Balaban J connectivity index is 2.11. The van der Waals surface area contributed by atoms with Crippen LogP contribution in [0.15, 0.2) is 54.6 Å². The minimum atomic E-state index is -1.04. The van der Waals surface area contributed by atoms with Gasteiger partial charge in [-0.2, -0.15) is 0 Å². The molecule has 2 heteroatoms. The highest BCUT2D eigenvalue weighted by atomic mass is 35.5. The predicted molar refractivity (Wildman–Crippen MR) is 79.1 cm³/mol. The van der Waals surface area contributed by atoms with Crippen molar-refractivity contribution in [1.29, 1.82) is 0 Å². The lowest BCUT2D eigenvalue weighted by Crippen LogP contribution is -2.24.